The van der Waals surface area contributed by atoms with E-state index in [0.29, 0.717) is 32.9 Å². The summed E-state index contributed by atoms with van der Waals surface area (Å²) in [5, 5.41) is 0. The van der Waals surface area contributed by atoms with E-state index in [1.165, 1.54) is 44.1 Å². The van der Waals surface area contributed by atoms with Gasteiger partial charge in [-0.2, -0.15) is 0 Å². The number of thiocarbonyl (C=S) groups is 1. The number of nitrogens with two attached hydrogens (primary N) is 1. The van der Waals surface area contributed by atoms with Crippen LogP contribution in [0.5, 0.6) is 17.2 Å². The average molecular weight is 610 g/mol. The summed E-state index contributed by atoms with van der Waals surface area (Å²) in [6.45, 7) is 4.14. The van der Waals surface area contributed by atoms with Crippen molar-refractivity contribution in [3.63, 3.8) is 0 Å². The lowest BCUT2D eigenvalue weighted by atomic mass is 10.1. The van der Waals surface area contributed by atoms with Crippen LogP contribution in [0, 0.1) is 0 Å². The molecule has 7 nitrogen and oxygen atoms in total. The minimum atomic E-state index is -0.485. The number of nitrogens with zero attached hydrogens (tertiary/aromatic N) is 2. The zero-order valence-electron chi connectivity index (χ0n) is 22.5. The third kappa shape index (κ3) is 8.10. The topological polar surface area (TPSA) is 85.1 Å². The van der Waals surface area contributed by atoms with Crippen LogP contribution in [0.15, 0.2) is 77.7 Å². The molecule has 2 saturated heterocycles. The number of hydrogen-bond donors (Lipinski definition) is 1. The van der Waals surface area contributed by atoms with Crippen molar-refractivity contribution in [2.45, 2.75) is 25.7 Å². The van der Waals surface area contributed by atoms with E-state index in [4.69, 9.17) is 27.4 Å². The molecule has 41 heavy (non-hydrogen) atoms. The second-order valence-corrected chi connectivity index (χ2v) is 11.4. The predicted octanol–water partition coefficient (Wildman–Crippen LogP) is 6.66. The number of thioether (sulfide) groups is 1. The molecule has 3 aromatic carbocycles. The molecule has 0 aliphatic carbocycles. The van der Waals surface area contributed by atoms with E-state index in [-0.39, 0.29) is 18.3 Å². The summed E-state index contributed by atoms with van der Waals surface area (Å²) < 4.78 is 12.2. The first kappa shape index (κ1) is 30.6. The standard InChI is InChI=1S/C31H31N3O4S2.ClH/c32-29(35)23-7-13-27(14-8-23)38-26-11-5-22(6-12-26)21-28-30(36)34(31(39)40-28)24-9-15-25(16-10-24)37-20-4-19-33-17-2-1-3-18-33;/h5-16,21H,1-4,17-20H2,(H2,32,35);1H/b28-21-;. The number of piperidine rings is 1. The van der Waals surface area contributed by atoms with E-state index in [0.717, 1.165) is 30.0 Å². The number of halogens is 1. The molecule has 2 aliphatic rings. The minimum absolute atomic E-state index is 0. The Bertz CT molecular complexity index is 1390. The van der Waals surface area contributed by atoms with Crippen molar-refractivity contribution in [3.8, 4) is 17.2 Å². The van der Waals surface area contributed by atoms with Gasteiger partial charge in [0.15, 0.2) is 4.32 Å². The zero-order chi connectivity index (χ0) is 27.9. The number of amides is 2. The highest BCUT2D eigenvalue weighted by Gasteiger charge is 2.33. The van der Waals surface area contributed by atoms with Crippen LogP contribution in [-0.2, 0) is 4.79 Å². The summed E-state index contributed by atoms with van der Waals surface area (Å²) in [4.78, 5) is 29.1. The van der Waals surface area contributed by atoms with E-state index in [2.05, 4.69) is 4.90 Å². The molecule has 10 heteroatoms. The zero-order valence-corrected chi connectivity index (χ0v) is 24.9. The van der Waals surface area contributed by atoms with Crippen LogP contribution in [0.25, 0.3) is 6.08 Å². The van der Waals surface area contributed by atoms with Gasteiger partial charge >= 0.3 is 0 Å². The van der Waals surface area contributed by atoms with Crippen LogP contribution in [0.1, 0.15) is 41.6 Å². The summed E-state index contributed by atoms with van der Waals surface area (Å²) in [6.07, 6.45) is 6.77. The molecule has 214 valence electrons. The van der Waals surface area contributed by atoms with Gasteiger partial charge in [-0.15, -0.1) is 12.4 Å². The molecule has 2 aliphatic heterocycles. The lowest BCUT2D eigenvalue weighted by Crippen LogP contribution is -2.31. The fourth-order valence-corrected chi connectivity index (χ4v) is 5.95. The Labute approximate surface area is 256 Å². The highest BCUT2D eigenvalue weighted by Crippen LogP contribution is 2.37. The molecule has 0 atom stereocenters. The van der Waals surface area contributed by atoms with E-state index in [1.54, 1.807) is 29.2 Å². The molecule has 5 rings (SSSR count). The number of ether oxygens (including phenoxy) is 2. The number of anilines is 1. The molecule has 0 unspecified atom stereocenters. The van der Waals surface area contributed by atoms with Gasteiger partial charge in [0.05, 0.1) is 17.2 Å². The highest BCUT2D eigenvalue weighted by atomic mass is 35.5. The van der Waals surface area contributed by atoms with Crippen LogP contribution < -0.4 is 20.1 Å². The summed E-state index contributed by atoms with van der Waals surface area (Å²) in [6, 6.07) is 21.5. The predicted molar refractivity (Wildman–Crippen MR) is 171 cm³/mol. The molecule has 0 spiro atoms. The Balaban J connectivity index is 0.00000387. The quantitative estimate of drug-likeness (QED) is 0.156. The Hall–Kier alpha value is -3.37. The van der Waals surface area contributed by atoms with Crippen molar-refractivity contribution in [2.24, 2.45) is 5.73 Å². The van der Waals surface area contributed by atoms with Crippen molar-refractivity contribution in [2.75, 3.05) is 31.1 Å². The number of carbonyl (C=O) groups excluding carboxylic acids is 2. The first-order valence-corrected chi connectivity index (χ1v) is 14.6. The van der Waals surface area contributed by atoms with Crippen molar-refractivity contribution in [3.05, 3.63) is 88.8 Å². The first-order chi connectivity index (χ1) is 19.5. The third-order valence-corrected chi connectivity index (χ3v) is 8.08. The summed E-state index contributed by atoms with van der Waals surface area (Å²) in [5.74, 6) is 1.37. The largest absolute Gasteiger partial charge is 0.494 e. The maximum atomic E-state index is 13.2. The van der Waals surface area contributed by atoms with Gasteiger partial charge in [0.25, 0.3) is 5.91 Å². The fourth-order valence-electron chi connectivity index (χ4n) is 4.65. The monoisotopic (exact) mass is 609 g/mol. The lowest BCUT2D eigenvalue weighted by Gasteiger charge is -2.26. The van der Waals surface area contributed by atoms with Crippen molar-refractivity contribution < 1.29 is 19.1 Å². The smallest absolute Gasteiger partial charge is 0.270 e. The molecule has 3 aromatic rings. The van der Waals surface area contributed by atoms with Gasteiger partial charge in [0.2, 0.25) is 5.91 Å². The van der Waals surface area contributed by atoms with Gasteiger partial charge in [-0.3, -0.25) is 14.5 Å². The fraction of sp³-hybridized carbons (Fsp3) is 0.258. The number of hydrogen-bond acceptors (Lipinski definition) is 7. The molecular formula is C31H32ClN3O4S2. The van der Waals surface area contributed by atoms with Crippen LogP contribution in [0.3, 0.4) is 0 Å². The molecular weight excluding hydrogens is 578 g/mol. The SMILES string of the molecule is Cl.NC(=O)c1ccc(Oc2ccc(/C=C3\SC(=S)N(c4ccc(OCCCN5CCCCC5)cc4)C3=O)cc2)cc1. The van der Waals surface area contributed by atoms with Gasteiger partial charge in [-0.1, -0.05) is 42.5 Å². The summed E-state index contributed by atoms with van der Waals surface area (Å²) >= 11 is 6.82. The van der Waals surface area contributed by atoms with Crippen molar-refractivity contribution in [1.82, 2.24) is 4.90 Å². The van der Waals surface area contributed by atoms with E-state index < -0.39 is 5.91 Å². The van der Waals surface area contributed by atoms with Crippen LogP contribution in [0.2, 0.25) is 0 Å². The summed E-state index contributed by atoms with van der Waals surface area (Å²) in [5.41, 5.74) is 7.27. The Morgan fingerprint density at radius 3 is 2.15 bits per heavy atom. The maximum Gasteiger partial charge on any atom is 0.270 e. The van der Waals surface area contributed by atoms with Gasteiger partial charge in [-0.05, 0) is 105 Å². The second-order valence-electron chi connectivity index (χ2n) is 9.68. The third-order valence-electron chi connectivity index (χ3n) is 6.78. The average Bonchev–Trinajstić information content (AvgIpc) is 3.25. The summed E-state index contributed by atoms with van der Waals surface area (Å²) in [7, 11) is 0. The Kier molecular flexibility index (Phi) is 10.8. The molecule has 2 heterocycles. The van der Waals surface area contributed by atoms with E-state index in [9.17, 15) is 9.59 Å². The van der Waals surface area contributed by atoms with Gasteiger partial charge in [0, 0.05) is 12.1 Å². The van der Waals surface area contributed by atoms with Crippen LogP contribution >= 0.6 is 36.4 Å². The lowest BCUT2D eigenvalue weighted by molar-refractivity contribution is -0.113. The molecule has 0 saturated carbocycles. The number of rotatable bonds is 10. The minimum Gasteiger partial charge on any atom is -0.494 e. The Morgan fingerprint density at radius 1 is 0.902 bits per heavy atom. The number of primary amides is 1. The van der Waals surface area contributed by atoms with Gasteiger partial charge < -0.3 is 20.1 Å². The van der Waals surface area contributed by atoms with Gasteiger partial charge in [-0.25, -0.2) is 0 Å². The van der Waals surface area contributed by atoms with E-state index >= 15 is 0 Å². The van der Waals surface area contributed by atoms with E-state index in [1.807, 2.05) is 54.6 Å². The van der Waals surface area contributed by atoms with Crippen molar-refractivity contribution in [1.29, 1.82) is 0 Å². The van der Waals surface area contributed by atoms with Crippen molar-refractivity contribution >= 4 is 64.3 Å². The van der Waals surface area contributed by atoms with Crippen LogP contribution in [0.4, 0.5) is 5.69 Å². The molecule has 0 aromatic heterocycles. The first-order valence-electron chi connectivity index (χ1n) is 13.4. The van der Waals surface area contributed by atoms with Gasteiger partial charge in [0.1, 0.15) is 17.2 Å². The normalized spacial score (nSPS) is 16.5. The molecule has 2 fully saturated rings. The molecule has 2 N–H and O–H groups in total. The molecule has 0 bridgehead atoms. The number of benzene rings is 3. The molecule has 2 amide bonds. The van der Waals surface area contributed by atoms with Crippen LogP contribution in [-0.4, -0.2) is 47.3 Å². The second kappa shape index (κ2) is 14.5. The Morgan fingerprint density at radius 2 is 1.51 bits per heavy atom. The highest BCUT2D eigenvalue weighted by molar-refractivity contribution is 8.27. The number of carbonyl (C=O) groups is 2. The maximum absolute atomic E-state index is 13.2. The number of likely N-dealkylation sites (tertiary alicyclic amines) is 1. The molecule has 0 radical (unpaired) electrons.